The van der Waals surface area contributed by atoms with Crippen LogP contribution in [0, 0.1) is 6.92 Å². The van der Waals surface area contributed by atoms with Crippen LogP contribution >= 0.6 is 11.6 Å². The maximum absolute atomic E-state index is 5.74. The quantitative estimate of drug-likeness (QED) is 0.823. The number of hydrogen-bond donors (Lipinski definition) is 1. The lowest BCUT2D eigenvalue weighted by atomic mass is 10.3. The van der Waals surface area contributed by atoms with Crippen LogP contribution in [0.2, 0.25) is 5.02 Å². The molecule has 0 aliphatic carbocycles. The summed E-state index contributed by atoms with van der Waals surface area (Å²) in [5, 5.41) is 0.688. The lowest BCUT2D eigenvalue weighted by Crippen LogP contribution is -1.85. The summed E-state index contributed by atoms with van der Waals surface area (Å²) in [4.78, 5) is 7.00. The number of imidazole rings is 1. The summed E-state index contributed by atoms with van der Waals surface area (Å²) in [5.41, 5.74) is 0.967. The van der Waals surface area contributed by atoms with E-state index < -0.39 is 0 Å². The number of nitrogens with zero attached hydrogens (tertiary/aromatic N) is 1. The van der Waals surface area contributed by atoms with Crippen molar-refractivity contribution in [1.29, 1.82) is 0 Å². The third-order valence-corrected chi connectivity index (χ3v) is 1.96. The van der Waals surface area contributed by atoms with E-state index in [9.17, 15) is 0 Å². The molecule has 3 nitrogen and oxygen atoms in total. The average Bonchev–Trinajstić information content (AvgIpc) is 2.56. The highest BCUT2D eigenvalue weighted by molar-refractivity contribution is 6.30. The summed E-state index contributed by atoms with van der Waals surface area (Å²) < 4.78 is 5.43. The highest BCUT2D eigenvalue weighted by Crippen LogP contribution is 2.20. The van der Waals surface area contributed by atoms with Gasteiger partial charge in [0.2, 0.25) is 0 Å². The van der Waals surface area contributed by atoms with Gasteiger partial charge in [-0.15, -0.1) is 0 Å². The Morgan fingerprint density at radius 2 is 2.00 bits per heavy atom. The highest BCUT2D eigenvalue weighted by Gasteiger charge is 1.99. The van der Waals surface area contributed by atoms with Crippen molar-refractivity contribution >= 4 is 11.6 Å². The summed E-state index contributed by atoms with van der Waals surface area (Å²) in [6, 6.07) is 7.62. The lowest BCUT2D eigenvalue weighted by Gasteiger charge is -2.00. The molecule has 1 N–H and O–H groups in total. The molecule has 14 heavy (non-hydrogen) atoms. The molecule has 0 spiro atoms. The van der Waals surface area contributed by atoms with Gasteiger partial charge in [-0.25, -0.2) is 4.98 Å². The maximum atomic E-state index is 5.74. The molecule has 2 aromatic rings. The number of H-pyrrole nitrogens is 1. The number of ether oxygens (including phenoxy) is 1. The van der Waals surface area contributed by atoms with Gasteiger partial charge in [0.15, 0.2) is 0 Å². The molecule has 0 aliphatic heterocycles. The number of nitrogens with one attached hydrogen (secondary N) is 1. The van der Waals surface area contributed by atoms with Gasteiger partial charge in [0.25, 0.3) is 6.01 Å². The number of aryl methyl sites for hydroxylation is 1. The van der Waals surface area contributed by atoms with Gasteiger partial charge in [-0.1, -0.05) is 11.6 Å². The third kappa shape index (κ3) is 2.06. The van der Waals surface area contributed by atoms with Gasteiger partial charge in [0, 0.05) is 10.7 Å². The summed E-state index contributed by atoms with van der Waals surface area (Å²) in [5.74, 6) is 0.712. The van der Waals surface area contributed by atoms with E-state index in [1.54, 1.807) is 30.5 Å². The molecule has 1 heterocycles. The summed E-state index contributed by atoms with van der Waals surface area (Å²) >= 11 is 5.74. The SMILES string of the molecule is Cc1cnc(Oc2ccc(Cl)cc2)[nH]1. The summed E-state index contributed by atoms with van der Waals surface area (Å²) in [7, 11) is 0. The topological polar surface area (TPSA) is 37.9 Å². The minimum atomic E-state index is 0.491. The van der Waals surface area contributed by atoms with Crippen molar-refractivity contribution in [3.63, 3.8) is 0 Å². The molecule has 0 fully saturated rings. The number of rotatable bonds is 2. The second-order valence-corrected chi connectivity index (χ2v) is 3.36. The molecule has 0 saturated heterocycles. The van der Waals surface area contributed by atoms with Crippen LogP contribution in [0.5, 0.6) is 11.8 Å². The van der Waals surface area contributed by atoms with E-state index in [0.29, 0.717) is 16.8 Å². The fourth-order valence-electron chi connectivity index (χ4n) is 1.05. The van der Waals surface area contributed by atoms with Crippen molar-refractivity contribution in [2.24, 2.45) is 0 Å². The first-order valence-electron chi connectivity index (χ1n) is 4.19. The van der Waals surface area contributed by atoms with Gasteiger partial charge in [-0.05, 0) is 31.2 Å². The van der Waals surface area contributed by atoms with Crippen molar-refractivity contribution in [2.75, 3.05) is 0 Å². The van der Waals surface area contributed by atoms with E-state index in [2.05, 4.69) is 9.97 Å². The smallest absolute Gasteiger partial charge is 0.299 e. The third-order valence-electron chi connectivity index (χ3n) is 1.71. The molecular formula is C10H9ClN2O. The Bertz CT molecular complexity index is 422. The summed E-state index contributed by atoms with van der Waals surface area (Å²) in [6.45, 7) is 1.92. The van der Waals surface area contributed by atoms with Crippen LogP contribution in [-0.2, 0) is 0 Å². The molecule has 72 valence electrons. The number of benzene rings is 1. The molecule has 0 amide bonds. The van der Waals surface area contributed by atoms with Gasteiger partial charge in [0.1, 0.15) is 5.75 Å². The van der Waals surface area contributed by atoms with Gasteiger partial charge in [0.05, 0.1) is 6.20 Å². The normalized spacial score (nSPS) is 10.1. The molecule has 0 saturated carbocycles. The van der Waals surface area contributed by atoms with Gasteiger partial charge < -0.3 is 9.72 Å². The van der Waals surface area contributed by atoms with Crippen LogP contribution in [0.3, 0.4) is 0 Å². The van der Waals surface area contributed by atoms with E-state index in [4.69, 9.17) is 16.3 Å². The van der Waals surface area contributed by atoms with E-state index in [0.717, 1.165) is 5.69 Å². The van der Waals surface area contributed by atoms with E-state index in [1.165, 1.54) is 0 Å². The van der Waals surface area contributed by atoms with E-state index in [-0.39, 0.29) is 0 Å². The molecule has 1 aromatic carbocycles. The minimum absolute atomic E-state index is 0.491. The Kier molecular flexibility index (Phi) is 2.41. The second kappa shape index (κ2) is 3.72. The minimum Gasteiger partial charge on any atom is -0.426 e. The van der Waals surface area contributed by atoms with Crippen molar-refractivity contribution in [3.05, 3.63) is 41.2 Å². The van der Waals surface area contributed by atoms with Crippen molar-refractivity contribution in [3.8, 4) is 11.8 Å². The molecule has 0 unspecified atom stereocenters. The Morgan fingerprint density at radius 1 is 1.29 bits per heavy atom. The van der Waals surface area contributed by atoms with Crippen molar-refractivity contribution in [1.82, 2.24) is 9.97 Å². The monoisotopic (exact) mass is 208 g/mol. The largest absolute Gasteiger partial charge is 0.426 e. The number of aromatic amines is 1. The standard InChI is InChI=1S/C10H9ClN2O/c1-7-6-12-10(13-7)14-9-4-2-8(11)3-5-9/h2-6H,1H3,(H,12,13). The van der Waals surface area contributed by atoms with Gasteiger partial charge in [-0.3, -0.25) is 0 Å². The summed E-state index contributed by atoms with van der Waals surface area (Å²) in [6.07, 6.45) is 1.71. The molecule has 0 atom stereocenters. The molecule has 0 bridgehead atoms. The second-order valence-electron chi connectivity index (χ2n) is 2.93. The molecule has 0 aliphatic rings. The number of hydrogen-bond acceptors (Lipinski definition) is 2. The molecule has 0 radical (unpaired) electrons. The Hall–Kier alpha value is -1.48. The Labute approximate surface area is 86.7 Å². The van der Waals surface area contributed by atoms with Gasteiger partial charge >= 0.3 is 0 Å². The van der Waals surface area contributed by atoms with Crippen LogP contribution in [0.15, 0.2) is 30.5 Å². The number of aromatic nitrogens is 2. The van der Waals surface area contributed by atoms with Crippen LogP contribution in [0.1, 0.15) is 5.69 Å². The van der Waals surface area contributed by atoms with Crippen molar-refractivity contribution < 1.29 is 4.74 Å². The van der Waals surface area contributed by atoms with Crippen molar-refractivity contribution in [2.45, 2.75) is 6.92 Å². The predicted molar refractivity (Wildman–Crippen MR) is 54.9 cm³/mol. The average molecular weight is 209 g/mol. The van der Waals surface area contributed by atoms with Crippen LogP contribution < -0.4 is 4.74 Å². The van der Waals surface area contributed by atoms with Crippen LogP contribution in [-0.4, -0.2) is 9.97 Å². The molecular weight excluding hydrogens is 200 g/mol. The molecule has 1 aromatic heterocycles. The maximum Gasteiger partial charge on any atom is 0.299 e. The first-order chi connectivity index (χ1) is 6.74. The van der Waals surface area contributed by atoms with Crippen LogP contribution in [0.25, 0.3) is 0 Å². The Morgan fingerprint density at radius 3 is 2.57 bits per heavy atom. The molecule has 2 rings (SSSR count). The molecule has 4 heteroatoms. The fraction of sp³-hybridized carbons (Fsp3) is 0.100. The van der Waals surface area contributed by atoms with E-state index >= 15 is 0 Å². The van der Waals surface area contributed by atoms with Gasteiger partial charge in [-0.2, -0.15) is 0 Å². The zero-order valence-corrected chi connectivity index (χ0v) is 8.38. The zero-order chi connectivity index (χ0) is 9.97. The van der Waals surface area contributed by atoms with Crippen LogP contribution in [0.4, 0.5) is 0 Å². The lowest BCUT2D eigenvalue weighted by molar-refractivity contribution is 0.447. The Balaban J connectivity index is 2.15. The first-order valence-corrected chi connectivity index (χ1v) is 4.57. The number of halogens is 1. The zero-order valence-electron chi connectivity index (χ0n) is 7.62. The predicted octanol–water partition coefficient (Wildman–Crippen LogP) is 3.16. The highest BCUT2D eigenvalue weighted by atomic mass is 35.5. The van der Waals surface area contributed by atoms with E-state index in [1.807, 2.05) is 6.92 Å². The fourth-order valence-corrected chi connectivity index (χ4v) is 1.18. The first kappa shape index (κ1) is 9.09.